The Balaban J connectivity index is 1.40. The van der Waals surface area contributed by atoms with Crippen LogP contribution < -0.4 is 20.3 Å². The lowest BCUT2D eigenvalue weighted by Gasteiger charge is -2.10. The first kappa shape index (κ1) is 22.3. The zero-order valence-corrected chi connectivity index (χ0v) is 18.9. The number of carbonyl (C=O) groups excluding carboxylic acids is 1. The van der Waals surface area contributed by atoms with Crippen molar-refractivity contribution in [1.82, 2.24) is 19.2 Å². The first-order chi connectivity index (χ1) is 16.0. The molecule has 1 amide bonds. The van der Waals surface area contributed by atoms with Crippen LogP contribution in [0.2, 0.25) is 5.02 Å². The summed E-state index contributed by atoms with van der Waals surface area (Å²) in [6.45, 7) is 0. The molecule has 0 aliphatic carbocycles. The predicted octanol–water partition coefficient (Wildman–Crippen LogP) is 3.51. The van der Waals surface area contributed by atoms with Gasteiger partial charge in [0.25, 0.3) is 0 Å². The summed E-state index contributed by atoms with van der Waals surface area (Å²) < 4.78 is 13.6. The molecule has 1 N–H and O–H groups in total. The summed E-state index contributed by atoms with van der Waals surface area (Å²) >= 11 is 5.93. The van der Waals surface area contributed by atoms with Crippen LogP contribution in [0.5, 0.6) is 11.5 Å². The minimum atomic E-state index is -0.287. The molecule has 0 atom stereocenters. The number of ether oxygens (including phenoxy) is 2. The highest BCUT2D eigenvalue weighted by molar-refractivity contribution is 6.30. The molecule has 0 saturated carbocycles. The van der Waals surface area contributed by atoms with Crippen molar-refractivity contribution in [3.63, 3.8) is 0 Å². The smallest absolute Gasteiger partial charge is 0.300 e. The van der Waals surface area contributed by atoms with Crippen LogP contribution >= 0.6 is 11.6 Å². The maximum atomic E-state index is 12.8. The summed E-state index contributed by atoms with van der Waals surface area (Å²) in [5.41, 5.74) is 1.23. The Labute approximate surface area is 194 Å². The molecule has 33 heavy (non-hydrogen) atoms. The van der Waals surface area contributed by atoms with E-state index in [1.807, 2.05) is 0 Å². The number of halogens is 1. The third-order valence-electron chi connectivity index (χ3n) is 5.12. The molecule has 0 fully saturated rings. The van der Waals surface area contributed by atoms with Gasteiger partial charge in [-0.3, -0.25) is 18.6 Å². The van der Waals surface area contributed by atoms with E-state index in [0.29, 0.717) is 46.6 Å². The standard InChI is InChI=1S/C23H22ClN5O4/c1-32-18-11-8-16(14-19(18)33-2)25-21(30)5-3-4-20-26-27-22-23(31)28(12-13-29(20)22)17-9-6-15(24)7-10-17/h6-14H,3-5H2,1-2H3,(H,25,30). The molecule has 0 spiro atoms. The Hall–Kier alpha value is -3.85. The highest BCUT2D eigenvalue weighted by Gasteiger charge is 2.13. The second-order valence-corrected chi connectivity index (χ2v) is 7.67. The van der Waals surface area contributed by atoms with Gasteiger partial charge in [-0.2, -0.15) is 0 Å². The van der Waals surface area contributed by atoms with Gasteiger partial charge in [0.15, 0.2) is 11.5 Å². The fraction of sp³-hybridized carbons (Fsp3) is 0.217. The molecule has 9 nitrogen and oxygen atoms in total. The van der Waals surface area contributed by atoms with Crippen LogP contribution in [0.25, 0.3) is 11.3 Å². The second kappa shape index (κ2) is 9.74. The summed E-state index contributed by atoms with van der Waals surface area (Å²) in [5, 5.41) is 11.6. The van der Waals surface area contributed by atoms with Crippen molar-refractivity contribution in [2.45, 2.75) is 19.3 Å². The zero-order valence-electron chi connectivity index (χ0n) is 18.1. The SMILES string of the molecule is COc1ccc(NC(=O)CCCc2nnc3c(=O)n(-c4ccc(Cl)cc4)ccn23)cc1OC. The number of aromatic nitrogens is 4. The van der Waals surface area contributed by atoms with Gasteiger partial charge in [0.1, 0.15) is 5.82 Å². The summed E-state index contributed by atoms with van der Waals surface area (Å²) in [6.07, 6.45) is 4.72. The van der Waals surface area contributed by atoms with Crippen molar-refractivity contribution >= 4 is 28.8 Å². The molecule has 2 aromatic carbocycles. The van der Waals surface area contributed by atoms with Crippen LogP contribution in [-0.2, 0) is 11.2 Å². The maximum absolute atomic E-state index is 12.8. The second-order valence-electron chi connectivity index (χ2n) is 7.23. The van der Waals surface area contributed by atoms with Gasteiger partial charge in [-0.15, -0.1) is 10.2 Å². The number of hydrogen-bond donors (Lipinski definition) is 1. The Kier molecular flexibility index (Phi) is 6.60. The molecule has 4 rings (SSSR count). The van der Waals surface area contributed by atoms with Gasteiger partial charge < -0.3 is 14.8 Å². The molecule has 2 heterocycles. The molecule has 170 valence electrons. The van der Waals surface area contributed by atoms with Gasteiger partial charge >= 0.3 is 5.56 Å². The van der Waals surface area contributed by atoms with Crippen molar-refractivity contribution in [2.75, 3.05) is 19.5 Å². The number of aryl methyl sites for hydroxylation is 1. The molecule has 0 saturated heterocycles. The number of methoxy groups -OCH3 is 2. The molecule has 0 aliphatic heterocycles. The number of benzene rings is 2. The third kappa shape index (κ3) is 4.83. The highest BCUT2D eigenvalue weighted by Crippen LogP contribution is 2.29. The quantitative estimate of drug-likeness (QED) is 0.425. The van der Waals surface area contributed by atoms with Crippen molar-refractivity contribution in [3.05, 3.63) is 76.1 Å². The molecule has 0 aliphatic rings. The number of nitrogens with one attached hydrogen (secondary N) is 1. The first-order valence-corrected chi connectivity index (χ1v) is 10.6. The summed E-state index contributed by atoms with van der Waals surface area (Å²) in [4.78, 5) is 25.2. The monoisotopic (exact) mass is 467 g/mol. The fourth-order valence-electron chi connectivity index (χ4n) is 3.45. The number of rotatable bonds is 8. The van der Waals surface area contributed by atoms with Gasteiger partial charge in [-0.1, -0.05) is 11.6 Å². The highest BCUT2D eigenvalue weighted by atomic mass is 35.5. The van der Waals surface area contributed by atoms with Crippen LogP contribution in [0.3, 0.4) is 0 Å². The number of carbonyl (C=O) groups is 1. The van der Waals surface area contributed by atoms with Gasteiger partial charge in [0.2, 0.25) is 11.6 Å². The summed E-state index contributed by atoms with van der Waals surface area (Å²) in [6, 6.07) is 12.1. The van der Waals surface area contributed by atoms with E-state index >= 15 is 0 Å². The predicted molar refractivity (Wildman–Crippen MR) is 125 cm³/mol. The largest absolute Gasteiger partial charge is 0.493 e. The summed E-state index contributed by atoms with van der Waals surface area (Å²) in [5.74, 6) is 1.60. The summed E-state index contributed by atoms with van der Waals surface area (Å²) in [7, 11) is 3.09. The molecule has 4 aromatic rings. The van der Waals surface area contributed by atoms with Gasteiger partial charge in [-0.05, 0) is 42.8 Å². The average molecular weight is 468 g/mol. The van der Waals surface area contributed by atoms with Gasteiger partial charge in [0, 0.05) is 47.7 Å². The minimum Gasteiger partial charge on any atom is -0.493 e. The molecule has 2 aromatic heterocycles. The van der Waals surface area contributed by atoms with E-state index in [9.17, 15) is 9.59 Å². The van der Waals surface area contributed by atoms with E-state index in [1.165, 1.54) is 11.7 Å². The van der Waals surface area contributed by atoms with Crippen LogP contribution in [0.15, 0.2) is 59.7 Å². The van der Waals surface area contributed by atoms with E-state index in [-0.39, 0.29) is 23.5 Å². The topological polar surface area (TPSA) is 99.8 Å². The third-order valence-corrected chi connectivity index (χ3v) is 5.37. The molecule has 0 bridgehead atoms. The molecule has 0 unspecified atom stereocenters. The number of anilines is 1. The lowest BCUT2D eigenvalue weighted by Crippen LogP contribution is -2.20. The molecule has 0 radical (unpaired) electrons. The normalized spacial score (nSPS) is 10.9. The first-order valence-electron chi connectivity index (χ1n) is 10.2. The Morgan fingerprint density at radius 1 is 1.03 bits per heavy atom. The Bertz CT molecular complexity index is 1350. The number of fused-ring (bicyclic) bond motifs is 1. The number of hydrogen-bond acceptors (Lipinski definition) is 6. The van der Waals surface area contributed by atoms with E-state index in [4.69, 9.17) is 21.1 Å². The molecular weight excluding hydrogens is 446 g/mol. The Morgan fingerprint density at radius 3 is 2.52 bits per heavy atom. The Morgan fingerprint density at radius 2 is 1.79 bits per heavy atom. The van der Waals surface area contributed by atoms with Crippen LogP contribution in [0.4, 0.5) is 5.69 Å². The van der Waals surface area contributed by atoms with Crippen LogP contribution in [0, 0.1) is 0 Å². The fourth-order valence-corrected chi connectivity index (χ4v) is 3.58. The van der Waals surface area contributed by atoms with Gasteiger partial charge in [-0.25, -0.2) is 0 Å². The zero-order chi connectivity index (χ0) is 23.4. The van der Waals surface area contributed by atoms with E-state index < -0.39 is 0 Å². The van der Waals surface area contributed by atoms with E-state index in [2.05, 4.69) is 15.5 Å². The molecule has 10 heteroatoms. The van der Waals surface area contributed by atoms with Crippen molar-refractivity contribution in [3.8, 4) is 17.2 Å². The van der Waals surface area contributed by atoms with Crippen LogP contribution in [-0.4, -0.2) is 39.3 Å². The lowest BCUT2D eigenvalue weighted by atomic mass is 10.2. The van der Waals surface area contributed by atoms with Crippen molar-refractivity contribution in [2.24, 2.45) is 0 Å². The molecular formula is C23H22ClN5O4. The van der Waals surface area contributed by atoms with Crippen molar-refractivity contribution in [1.29, 1.82) is 0 Å². The van der Waals surface area contributed by atoms with Crippen LogP contribution in [0.1, 0.15) is 18.7 Å². The average Bonchev–Trinajstić information content (AvgIpc) is 3.24. The van der Waals surface area contributed by atoms with Gasteiger partial charge in [0.05, 0.1) is 14.2 Å². The maximum Gasteiger partial charge on any atom is 0.300 e. The van der Waals surface area contributed by atoms with E-state index in [0.717, 1.165) is 0 Å². The van der Waals surface area contributed by atoms with E-state index in [1.54, 1.807) is 66.4 Å². The number of amides is 1. The lowest BCUT2D eigenvalue weighted by molar-refractivity contribution is -0.116. The minimum absolute atomic E-state index is 0.138. The number of nitrogens with zero attached hydrogens (tertiary/aromatic N) is 4. The van der Waals surface area contributed by atoms with Crippen molar-refractivity contribution < 1.29 is 14.3 Å².